The molecule has 1 unspecified atom stereocenters. The third kappa shape index (κ3) is 3.22. The van der Waals surface area contributed by atoms with Crippen LogP contribution in [0.25, 0.3) is 0 Å². The minimum atomic E-state index is -0.711. The van der Waals surface area contributed by atoms with Gasteiger partial charge in [0.1, 0.15) is 0 Å². The first kappa shape index (κ1) is 14.2. The molecule has 0 aromatic carbocycles. The SMILES string of the molecule is CCC(C(=O)c1cccs1)N1CCC(C(=O)O)CC1. The average molecular weight is 281 g/mol. The Balaban J connectivity index is 2.00. The fourth-order valence-electron chi connectivity index (χ4n) is 2.65. The van der Waals surface area contributed by atoms with Crippen LogP contribution < -0.4 is 0 Å². The van der Waals surface area contributed by atoms with Gasteiger partial charge >= 0.3 is 5.97 Å². The van der Waals surface area contributed by atoms with Crippen LogP contribution in [0, 0.1) is 5.92 Å². The Kier molecular flexibility index (Phi) is 4.71. The first-order valence-electron chi connectivity index (χ1n) is 6.68. The Morgan fingerprint density at radius 2 is 2.16 bits per heavy atom. The molecule has 1 aliphatic rings. The maximum atomic E-state index is 12.4. The molecule has 1 aliphatic heterocycles. The zero-order valence-electron chi connectivity index (χ0n) is 11.0. The second-order valence-corrected chi connectivity index (χ2v) is 5.86. The molecule has 4 nitrogen and oxygen atoms in total. The highest BCUT2D eigenvalue weighted by Crippen LogP contribution is 2.23. The highest BCUT2D eigenvalue weighted by Gasteiger charge is 2.31. The summed E-state index contributed by atoms with van der Waals surface area (Å²) in [4.78, 5) is 26.3. The van der Waals surface area contributed by atoms with Crippen molar-refractivity contribution in [2.75, 3.05) is 13.1 Å². The number of likely N-dealkylation sites (tertiary alicyclic amines) is 1. The van der Waals surface area contributed by atoms with E-state index >= 15 is 0 Å². The molecule has 0 amide bonds. The van der Waals surface area contributed by atoms with Crippen LogP contribution in [0.2, 0.25) is 0 Å². The Morgan fingerprint density at radius 1 is 1.47 bits per heavy atom. The van der Waals surface area contributed by atoms with Crippen LogP contribution >= 0.6 is 11.3 Å². The molecule has 0 saturated carbocycles. The number of hydrogen-bond acceptors (Lipinski definition) is 4. The molecule has 0 spiro atoms. The zero-order valence-corrected chi connectivity index (χ0v) is 11.9. The molecular weight excluding hydrogens is 262 g/mol. The second-order valence-electron chi connectivity index (χ2n) is 4.91. The zero-order chi connectivity index (χ0) is 13.8. The lowest BCUT2D eigenvalue weighted by Gasteiger charge is -2.35. The summed E-state index contributed by atoms with van der Waals surface area (Å²) in [6.07, 6.45) is 2.06. The number of carboxylic acid groups (broad SMARTS) is 1. The molecule has 104 valence electrons. The van der Waals surface area contributed by atoms with Crippen molar-refractivity contribution < 1.29 is 14.7 Å². The monoisotopic (exact) mass is 281 g/mol. The first-order valence-corrected chi connectivity index (χ1v) is 7.56. The van der Waals surface area contributed by atoms with E-state index in [0.29, 0.717) is 25.9 Å². The summed E-state index contributed by atoms with van der Waals surface area (Å²) in [5.74, 6) is -0.783. The van der Waals surface area contributed by atoms with Crippen LogP contribution in [0.3, 0.4) is 0 Å². The van der Waals surface area contributed by atoms with Crippen molar-refractivity contribution in [1.82, 2.24) is 4.90 Å². The summed E-state index contributed by atoms with van der Waals surface area (Å²) in [5, 5.41) is 10.9. The number of hydrogen-bond donors (Lipinski definition) is 1. The van der Waals surface area contributed by atoms with E-state index in [1.165, 1.54) is 11.3 Å². The van der Waals surface area contributed by atoms with Crippen LogP contribution in [-0.4, -0.2) is 40.9 Å². The molecule has 0 bridgehead atoms. The fourth-order valence-corrected chi connectivity index (χ4v) is 3.36. The van der Waals surface area contributed by atoms with Crippen molar-refractivity contribution >= 4 is 23.1 Å². The van der Waals surface area contributed by atoms with E-state index in [2.05, 4.69) is 4.90 Å². The van der Waals surface area contributed by atoms with Crippen LogP contribution in [0.5, 0.6) is 0 Å². The van der Waals surface area contributed by atoms with Gasteiger partial charge in [-0.2, -0.15) is 0 Å². The molecule has 1 saturated heterocycles. The molecule has 0 aliphatic carbocycles. The highest BCUT2D eigenvalue weighted by molar-refractivity contribution is 7.12. The standard InChI is InChI=1S/C14H19NO3S/c1-2-11(13(16)12-4-3-9-19-12)15-7-5-10(6-8-15)14(17)18/h3-4,9-11H,2,5-8H2,1H3,(H,17,18). The van der Waals surface area contributed by atoms with Crippen LogP contribution in [0.15, 0.2) is 17.5 Å². The molecule has 1 aromatic heterocycles. The van der Waals surface area contributed by atoms with Crippen LogP contribution in [0.1, 0.15) is 35.9 Å². The number of carboxylic acids is 1. The van der Waals surface area contributed by atoms with Crippen molar-refractivity contribution in [1.29, 1.82) is 0 Å². The molecule has 2 heterocycles. The van der Waals surface area contributed by atoms with Gasteiger partial charge in [-0.05, 0) is 43.8 Å². The molecule has 5 heteroatoms. The van der Waals surface area contributed by atoms with Gasteiger partial charge in [0, 0.05) is 0 Å². The van der Waals surface area contributed by atoms with Gasteiger partial charge in [-0.3, -0.25) is 14.5 Å². The summed E-state index contributed by atoms with van der Waals surface area (Å²) in [6, 6.07) is 3.65. The molecule has 0 radical (unpaired) electrons. The van der Waals surface area contributed by atoms with Gasteiger partial charge in [0.15, 0.2) is 5.78 Å². The predicted molar refractivity (Wildman–Crippen MR) is 74.7 cm³/mol. The van der Waals surface area contributed by atoms with Gasteiger partial charge in [-0.1, -0.05) is 13.0 Å². The van der Waals surface area contributed by atoms with E-state index in [1.807, 2.05) is 24.4 Å². The molecule has 1 aromatic rings. The number of rotatable bonds is 5. The first-order chi connectivity index (χ1) is 9.13. The smallest absolute Gasteiger partial charge is 0.306 e. The summed E-state index contributed by atoms with van der Waals surface area (Å²) in [6.45, 7) is 3.42. The molecule has 1 N–H and O–H groups in total. The number of ketones is 1. The summed E-state index contributed by atoms with van der Waals surface area (Å²) >= 11 is 1.47. The number of aliphatic carboxylic acids is 1. The van der Waals surface area contributed by atoms with E-state index < -0.39 is 5.97 Å². The molecule has 1 atom stereocenters. The average Bonchev–Trinajstić information content (AvgIpc) is 2.94. The van der Waals surface area contributed by atoms with Gasteiger partial charge in [0.25, 0.3) is 0 Å². The molecule has 19 heavy (non-hydrogen) atoms. The number of nitrogens with zero attached hydrogens (tertiary/aromatic N) is 1. The van der Waals surface area contributed by atoms with Gasteiger partial charge in [0.2, 0.25) is 0 Å². The maximum Gasteiger partial charge on any atom is 0.306 e. The van der Waals surface area contributed by atoms with Crippen molar-refractivity contribution in [3.8, 4) is 0 Å². The minimum Gasteiger partial charge on any atom is -0.481 e. The number of carbonyl (C=O) groups excluding carboxylic acids is 1. The van der Waals surface area contributed by atoms with Gasteiger partial charge in [-0.15, -0.1) is 11.3 Å². The molecular formula is C14H19NO3S. The Morgan fingerprint density at radius 3 is 2.63 bits per heavy atom. The third-order valence-electron chi connectivity index (χ3n) is 3.77. The highest BCUT2D eigenvalue weighted by atomic mass is 32.1. The van der Waals surface area contributed by atoms with Crippen LogP contribution in [-0.2, 0) is 4.79 Å². The number of piperidine rings is 1. The lowest BCUT2D eigenvalue weighted by molar-refractivity contribution is -0.143. The van der Waals surface area contributed by atoms with Gasteiger partial charge in [-0.25, -0.2) is 0 Å². The third-order valence-corrected chi connectivity index (χ3v) is 4.66. The lowest BCUT2D eigenvalue weighted by Crippen LogP contribution is -2.46. The van der Waals surface area contributed by atoms with E-state index in [4.69, 9.17) is 5.11 Å². The number of thiophene rings is 1. The normalized spacial score (nSPS) is 19.2. The van der Waals surface area contributed by atoms with Crippen molar-refractivity contribution in [3.05, 3.63) is 22.4 Å². The van der Waals surface area contributed by atoms with E-state index in [9.17, 15) is 9.59 Å². The largest absolute Gasteiger partial charge is 0.481 e. The molecule has 2 rings (SSSR count). The van der Waals surface area contributed by atoms with E-state index in [0.717, 1.165) is 11.3 Å². The van der Waals surface area contributed by atoms with E-state index in [-0.39, 0.29) is 17.7 Å². The van der Waals surface area contributed by atoms with E-state index in [1.54, 1.807) is 0 Å². The molecule has 1 fully saturated rings. The second kappa shape index (κ2) is 6.30. The maximum absolute atomic E-state index is 12.4. The topological polar surface area (TPSA) is 57.6 Å². The van der Waals surface area contributed by atoms with Crippen molar-refractivity contribution in [3.63, 3.8) is 0 Å². The van der Waals surface area contributed by atoms with Crippen molar-refractivity contribution in [2.45, 2.75) is 32.2 Å². The predicted octanol–water partition coefficient (Wildman–Crippen LogP) is 2.51. The lowest BCUT2D eigenvalue weighted by atomic mass is 9.94. The van der Waals surface area contributed by atoms with Gasteiger partial charge < -0.3 is 5.11 Å². The summed E-state index contributed by atoms with van der Waals surface area (Å²) in [5.41, 5.74) is 0. The Hall–Kier alpha value is -1.20. The minimum absolute atomic E-state index is 0.103. The van der Waals surface area contributed by atoms with Crippen LogP contribution in [0.4, 0.5) is 0 Å². The Labute approximate surface area is 117 Å². The number of carbonyl (C=O) groups is 2. The quantitative estimate of drug-likeness (QED) is 0.843. The van der Waals surface area contributed by atoms with Gasteiger partial charge in [0.05, 0.1) is 16.8 Å². The summed E-state index contributed by atoms with van der Waals surface area (Å²) < 4.78 is 0. The Bertz CT molecular complexity index is 436. The number of Topliss-reactive ketones (excluding diaryl/α,β-unsaturated/α-hetero) is 1. The fraction of sp³-hybridized carbons (Fsp3) is 0.571. The summed E-state index contributed by atoms with van der Waals surface area (Å²) in [7, 11) is 0. The van der Waals surface area contributed by atoms with Crippen molar-refractivity contribution in [2.24, 2.45) is 5.92 Å².